The van der Waals surface area contributed by atoms with Crippen molar-refractivity contribution in [3.05, 3.63) is 58.7 Å². The van der Waals surface area contributed by atoms with Crippen LogP contribution in [0.2, 0.25) is 0 Å². The average molecular weight is 331 g/mol. The summed E-state index contributed by atoms with van der Waals surface area (Å²) in [6.07, 6.45) is -4.98. The second-order valence-electron chi connectivity index (χ2n) is 4.76. The fourth-order valence-electron chi connectivity index (χ4n) is 1.98. The van der Waals surface area contributed by atoms with Gasteiger partial charge in [0.2, 0.25) is 0 Å². The predicted molar refractivity (Wildman–Crippen MR) is 72.8 cm³/mol. The van der Waals surface area contributed by atoms with Crippen molar-refractivity contribution in [1.29, 1.82) is 0 Å². The van der Waals surface area contributed by atoms with Gasteiger partial charge >= 0.3 is 12.1 Å². The highest BCUT2D eigenvalue weighted by Crippen LogP contribution is 2.36. The summed E-state index contributed by atoms with van der Waals surface area (Å²) in [5.74, 6) is -3.84. The maximum Gasteiger partial charge on any atom is 0.419 e. The van der Waals surface area contributed by atoms with Gasteiger partial charge < -0.3 is 10.4 Å². The van der Waals surface area contributed by atoms with Crippen LogP contribution < -0.4 is 5.32 Å². The Bertz CT molecular complexity index is 771. The van der Waals surface area contributed by atoms with E-state index in [0.717, 1.165) is 12.1 Å². The molecule has 2 N–H and O–H groups in total. The van der Waals surface area contributed by atoms with E-state index in [9.17, 15) is 26.7 Å². The number of aromatic carboxylic acids is 1. The van der Waals surface area contributed by atoms with Crippen molar-refractivity contribution in [3.8, 4) is 0 Å². The number of carboxylic acid groups (broad SMARTS) is 1. The standard InChI is InChI=1S/C15H10F5NO2/c1-7-4-8(16)2-3-12(7)21-13-6-10(15(18,19)20)11(17)5-9(13)14(22)23/h2-6,21H,1H3,(H,22,23). The Balaban J connectivity index is 2.57. The van der Waals surface area contributed by atoms with E-state index in [-0.39, 0.29) is 5.69 Å². The molecule has 2 aromatic carbocycles. The number of benzene rings is 2. The van der Waals surface area contributed by atoms with Crippen molar-refractivity contribution in [2.45, 2.75) is 13.1 Å². The van der Waals surface area contributed by atoms with Crippen LogP contribution in [0, 0.1) is 18.6 Å². The lowest BCUT2D eigenvalue weighted by Gasteiger charge is -2.15. The molecule has 0 aliphatic heterocycles. The van der Waals surface area contributed by atoms with E-state index in [1.165, 1.54) is 13.0 Å². The second kappa shape index (κ2) is 5.86. The Morgan fingerprint density at radius 1 is 1.09 bits per heavy atom. The zero-order chi connectivity index (χ0) is 17.4. The molecule has 2 rings (SSSR count). The van der Waals surface area contributed by atoms with Crippen molar-refractivity contribution < 1.29 is 31.9 Å². The molecule has 0 radical (unpaired) electrons. The molecule has 0 bridgehead atoms. The number of carbonyl (C=O) groups is 1. The third kappa shape index (κ3) is 3.58. The molecule has 0 amide bonds. The molecular weight excluding hydrogens is 321 g/mol. The Kier molecular flexibility index (Phi) is 4.26. The van der Waals surface area contributed by atoms with Crippen LogP contribution in [0.5, 0.6) is 0 Å². The topological polar surface area (TPSA) is 49.3 Å². The fraction of sp³-hybridized carbons (Fsp3) is 0.133. The van der Waals surface area contributed by atoms with E-state index >= 15 is 0 Å². The average Bonchev–Trinajstić information content (AvgIpc) is 2.41. The summed E-state index contributed by atoms with van der Waals surface area (Å²) >= 11 is 0. The van der Waals surface area contributed by atoms with Gasteiger partial charge in [-0.25, -0.2) is 13.6 Å². The lowest BCUT2D eigenvalue weighted by atomic mass is 10.1. The molecule has 0 unspecified atom stereocenters. The number of aryl methyl sites for hydroxylation is 1. The highest BCUT2D eigenvalue weighted by Gasteiger charge is 2.35. The van der Waals surface area contributed by atoms with Crippen LogP contribution in [0.3, 0.4) is 0 Å². The number of alkyl halides is 3. The van der Waals surface area contributed by atoms with Gasteiger partial charge in [-0.3, -0.25) is 0 Å². The number of halogens is 5. The van der Waals surface area contributed by atoms with Gasteiger partial charge in [-0.1, -0.05) is 0 Å². The van der Waals surface area contributed by atoms with Gasteiger partial charge in [-0.05, 0) is 42.8 Å². The predicted octanol–water partition coefficient (Wildman–Crippen LogP) is 4.73. The monoisotopic (exact) mass is 331 g/mol. The minimum Gasteiger partial charge on any atom is -0.478 e. The maximum atomic E-state index is 13.5. The van der Waals surface area contributed by atoms with Crippen LogP contribution >= 0.6 is 0 Å². The van der Waals surface area contributed by atoms with Gasteiger partial charge in [0.25, 0.3) is 0 Å². The molecule has 122 valence electrons. The highest BCUT2D eigenvalue weighted by atomic mass is 19.4. The molecule has 0 saturated heterocycles. The van der Waals surface area contributed by atoms with Crippen molar-refractivity contribution in [2.75, 3.05) is 5.32 Å². The first kappa shape index (κ1) is 16.7. The molecule has 8 heteroatoms. The van der Waals surface area contributed by atoms with Crippen molar-refractivity contribution in [3.63, 3.8) is 0 Å². The summed E-state index contributed by atoms with van der Waals surface area (Å²) in [7, 11) is 0. The third-order valence-corrected chi connectivity index (χ3v) is 3.10. The van der Waals surface area contributed by atoms with E-state index in [1.807, 2.05) is 0 Å². The molecule has 0 fully saturated rings. The SMILES string of the molecule is Cc1cc(F)ccc1Nc1cc(C(F)(F)F)c(F)cc1C(=O)O. The summed E-state index contributed by atoms with van der Waals surface area (Å²) in [4.78, 5) is 11.1. The van der Waals surface area contributed by atoms with Gasteiger partial charge in [-0.2, -0.15) is 13.2 Å². The third-order valence-electron chi connectivity index (χ3n) is 3.10. The van der Waals surface area contributed by atoms with Crippen LogP contribution in [0.1, 0.15) is 21.5 Å². The number of hydrogen-bond acceptors (Lipinski definition) is 2. The fourth-order valence-corrected chi connectivity index (χ4v) is 1.98. The first-order valence-corrected chi connectivity index (χ1v) is 6.27. The van der Waals surface area contributed by atoms with Gasteiger partial charge in [0.1, 0.15) is 11.6 Å². The number of anilines is 2. The number of hydrogen-bond donors (Lipinski definition) is 2. The van der Waals surface area contributed by atoms with Gasteiger partial charge in [0.15, 0.2) is 0 Å². The van der Waals surface area contributed by atoms with Gasteiger partial charge in [-0.15, -0.1) is 0 Å². The lowest BCUT2D eigenvalue weighted by molar-refractivity contribution is -0.139. The summed E-state index contributed by atoms with van der Waals surface area (Å²) in [5, 5.41) is 11.5. The van der Waals surface area contributed by atoms with E-state index in [4.69, 9.17) is 5.11 Å². The summed E-state index contributed by atoms with van der Waals surface area (Å²) < 4.78 is 64.8. The first-order chi connectivity index (χ1) is 10.6. The molecule has 0 saturated carbocycles. The minimum atomic E-state index is -4.98. The Hall–Kier alpha value is -2.64. The van der Waals surface area contributed by atoms with E-state index in [2.05, 4.69) is 5.32 Å². The molecule has 23 heavy (non-hydrogen) atoms. The number of nitrogens with one attached hydrogen (secondary N) is 1. The molecule has 0 aliphatic carbocycles. The van der Waals surface area contributed by atoms with E-state index < -0.39 is 40.6 Å². The summed E-state index contributed by atoms with van der Waals surface area (Å²) in [5.41, 5.74) is -2.15. The van der Waals surface area contributed by atoms with Gasteiger partial charge in [0.05, 0.1) is 16.8 Å². The van der Waals surface area contributed by atoms with Crippen LogP contribution in [0.25, 0.3) is 0 Å². The zero-order valence-electron chi connectivity index (χ0n) is 11.6. The van der Waals surface area contributed by atoms with Crippen LogP contribution in [-0.4, -0.2) is 11.1 Å². The molecule has 0 atom stereocenters. The highest BCUT2D eigenvalue weighted by molar-refractivity contribution is 5.95. The van der Waals surface area contributed by atoms with E-state index in [0.29, 0.717) is 17.7 Å². The molecule has 0 spiro atoms. The smallest absolute Gasteiger partial charge is 0.419 e. The Morgan fingerprint density at radius 2 is 1.74 bits per heavy atom. The molecule has 2 aromatic rings. The van der Waals surface area contributed by atoms with Crippen LogP contribution in [-0.2, 0) is 6.18 Å². The molecule has 0 aliphatic rings. The molecular formula is C15H10F5NO2. The zero-order valence-corrected chi connectivity index (χ0v) is 11.6. The van der Waals surface area contributed by atoms with Gasteiger partial charge in [0, 0.05) is 5.69 Å². The summed E-state index contributed by atoms with van der Waals surface area (Å²) in [6, 6.07) is 4.10. The van der Waals surface area contributed by atoms with Crippen molar-refractivity contribution in [1.82, 2.24) is 0 Å². The Morgan fingerprint density at radius 3 is 2.26 bits per heavy atom. The van der Waals surface area contributed by atoms with Crippen molar-refractivity contribution in [2.24, 2.45) is 0 Å². The minimum absolute atomic E-state index is 0.202. The quantitative estimate of drug-likeness (QED) is 0.799. The van der Waals surface area contributed by atoms with E-state index in [1.54, 1.807) is 0 Å². The van der Waals surface area contributed by atoms with Crippen LogP contribution in [0.15, 0.2) is 30.3 Å². The number of rotatable bonds is 3. The number of carboxylic acids is 1. The molecule has 0 heterocycles. The second-order valence-corrected chi connectivity index (χ2v) is 4.76. The lowest BCUT2D eigenvalue weighted by Crippen LogP contribution is -2.12. The largest absolute Gasteiger partial charge is 0.478 e. The maximum absolute atomic E-state index is 13.5. The first-order valence-electron chi connectivity index (χ1n) is 6.27. The van der Waals surface area contributed by atoms with Crippen LogP contribution in [0.4, 0.5) is 33.3 Å². The van der Waals surface area contributed by atoms with Crippen molar-refractivity contribution >= 4 is 17.3 Å². The normalized spacial score (nSPS) is 11.4. The summed E-state index contributed by atoms with van der Waals surface area (Å²) in [6.45, 7) is 1.49. The molecule has 0 aromatic heterocycles. The molecule has 3 nitrogen and oxygen atoms in total. The Labute approximate surface area is 127 Å².